The van der Waals surface area contributed by atoms with Gasteiger partial charge in [-0.2, -0.15) is 0 Å². The van der Waals surface area contributed by atoms with Gasteiger partial charge >= 0.3 is 5.97 Å². The van der Waals surface area contributed by atoms with E-state index in [0.717, 1.165) is 11.1 Å². The summed E-state index contributed by atoms with van der Waals surface area (Å²) in [5.74, 6) is 0.716. The van der Waals surface area contributed by atoms with Crippen molar-refractivity contribution in [1.29, 1.82) is 0 Å². The highest BCUT2D eigenvalue weighted by Gasteiger charge is 2.38. The van der Waals surface area contributed by atoms with Crippen molar-refractivity contribution in [2.45, 2.75) is 23.8 Å². The smallest absolute Gasteiger partial charge is 0.337 e. The Morgan fingerprint density at radius 1 is 0.950 bits per heavy atom. The summed E-state index contributed by atoms with van der Waals surface area (Å²) in [6, 6.07) is 24.8. The maximum absolute atomic E-state index is 13.7. The molecule has 0 spiro atoms. The Morgan fingerprint density at radius 3 is 2.33 bits per heavy atom. The second-order valence-electron chi connectivity index (χ2n) is 8.96. The summed E-state index contributed by atoms with van der Waals surface area (Å²) in [6.07, 6.45) is 0. The number of benzene rings is 3. The van der Waals surface area contributed by atoms with E-state index in [1.54, 1.807) is 33.3 Å². The summed E-state index contributed by atoms with van der Waals surface area (Å²) in [6.45, 7) is 1.93. The number of nitrogens with zero attached hydrogens (tertiary/aromatic N) is 1. The third kappa shape index (κ3) is 5.46. The van der Waals surface area contributed by atoms with Crippen LogP contribution in [0.4, 0.5) is 5.82 Å². The number of carbonyl (C=O) groups excluding carboxylic acids is 1. The zero-order valence-corrected chi connectivity index (χ0v) is 23.2. The molecule has 5 rings (SSSR count). The van der Waals surface area contributed by atoms with Crippen LogP contribution in [0.2, 0.25) is 0 Å². The maximum atomic E-state index is 13.7. The number of hydrogen-bond acceptors (Lipinski definition) is 8. The molecule has 1 atom stereocenters. The zero-order chi connectivity index (χ0) is 28.1. The van der Waals surface area contributed by atoms with Crippen LogP contribution in [0.1, 0.15) is 35.1 Å². The van der Waals surface area contributed by atoms with E-state index in [0.29, 0.717) is 50.6 Å². The van der Waals surface area contributed by atoms with Gasteiger partial charge in [-0.3, -0.25) is 4.79 Å². The van der Waals surface area contributed by atoms with Gasteiger partial charge in [0.05, 0.1) is 43.6 Å². The molecule has 4 aromatic rings. The molecule has 0 saturated carbocycles. The number of nitrogens with one attached hydrogen (secondary N) is 2. The van der Waals surface area contributed by atoms with Gasteiger partial charge in [-0.25, -0.2) is 9.78 Å². The number of hydrogen-bond donors (Lipinski definition) is 2. The second-order valence-corrected chi connectivity index (χ2v) is 9.92. The standard InChI is InChI=1S/C31H29N3O5S/c1-4-39-30(36)25-24(21-15-16-22(37-2)23(17-21)38-3)26-28(32-27(25)20-13-9-6-10-14-20)33-31(34-29(26)35)40-18-19-11-7-5-8-12-19/h5-17,24H,4,18H2,1-3H3,(H2,32,33,34,35). The molecule has 0 radical (unpaired) electrons. The number of anilines is 1. The first-order chi connectivity index (χ1) is 19.5. The lowest BCUT2D eigenvalue weighted by molar-refractivity contribution is -0.138. The minimum absolute atomic E-state index is 0.180. The predicted octanol–water partition coefficient (Wildman–Crippen LogP) is 5.61. The summed E-state index contributed by atoms with van der Waals surface area (Å²) in [4.78, 5) is 35.1. The van der Waals surface area contributed by atoms with Crippen LogP contribution in [0, 0.1) is 0 Å². The topological polar surface area (TPSA) is 103 Å². The Bertz CT molecular complexity index is 1600. The highest BCUT2D eigenvalue weighted by Crippen LogP contribution is 2.44. The Labute approximate surface area is 236 Å². The van der Waals surface area contributed by atoms with E-state index >= 15 is 0 Å². The van der Waals surface area contributed by atoms with E-state index in [9.17, 15) is 9.59 Å². The average Bonchev–Trinajstić information content (AvgIpc) is 2.99. The van der Waals surface area contributed by atoms with Crippen LogP contribution in [-0.2, 0) is 15.3 Å². The van der Waals surface area contributed by atoms with Gasteiger partial charge in [-0.05, 0) is 35.7 Å². The molecular weight excluding hydrogens is 526 g/mol. The Balaban J connectivity index is 1.70. The highest BCUT2D eigenvalue weighted by atomic mass is 32.2. The number of esters is 1. The summed E-state index contributed by atoms with van der Waals surface area (Å²) < 4.78 is 16.5. The number of aromatic amines is 1. The van der Waals surface area contributed by atoms with Crippen molar-refractivity contribution in [3.8, 4) is 11.5 Å². The molecule has 8 nitrogen and oxygen atoms in total. The molecule has 1 aliphatic heterocycles. The van der Waals surface area contributed by atoms with Crippen molar-refractivity contribution in [3.05, 3.63) is 117 Å². The van der Waals surface area contributed by atoms with Crippen molar-refractivity contribution in [2.24, 2.45) is 0 Å². The molecule has 2 heterocycles. The summed E-state index contributed by atoms with van der Waals surface area (Å²) >= 11 is 1.43. The summed E-state index contributed by atoms with van der Waals surface area (Å²) in [7, 11) is 3.10. The maximum Gasteiger partial charge on any atom is 0.337 e. The van der Waals surface area contributed by atoms with Crippen molar-refractivity contribution in [3.63, 3.8) is 0 Å². The Kier molecular flexibility index (Phi) is 8.21. The fraction of sp³-hybridized carbons (Fsp3) is 0.194. The zero-order valence-electron chi connectivity index (χ0n) is 22.4. The van der Waals surface area contributed by atoms with Gasteiger partial charge in [-0.15, -0.1) is 0 Å². The normalized spacial score (nSPS) is 14.2. The van der Waals surface area contributed by atoms with Gasteiger partial charge in [0, 0.05) is 5.75 Å². The van der Waals surface area contributed by atoms with E-state index in [-0.39, 0.29) is 12.2 Å². The number of rotatable bonds is 9. The van der Waals surface area contributed by atoms with Crippen LogP contribution < -0.4 is 20.3 Å². The van der Waals surface area contributed by atoms with Crippen LogP contribution in [-0.4, -0.2) is 36.8 Å². The predicted molar refractivity (Wildman–Crippen MR) is 156 cm³/mol. The molecule has 1 aromatic heterocycles. The fourth-order valence-electron chi connectivity index (χ4n) is 4.72. The summed E-state index contributed by atoms with van der Waals surface area (Å²) in [5, 5.41) is 3.78. The Morgan fingerprint density at radius 2 is 1.65 bits per heavy atom. The van der Waals surface area contributed by atoms with Crippen molar-refractivity contribution in [1.82, 2.24) is 9.97 Å². The van der Waals surface area contributed by atoms with Crippen molar-refractivity contribution >= 4 is 29.2 Å². The van der Waals surface area contributed by atoms with Crippen LogP contribution in [0.3, 0.4) is 0 Å². The second kappa shape index (κ2) is 12.1. The van der Waals surface area contributed by atoms with E-state index in [1.807, 2.05) is 66.7 Å². The molecule has 0 amide bonds. The van der Waals surface area contributed by atoms with E-state index in [4.69, 9.17) is 19.2 Å². The molecule has 0 fully saturated rings. The number of aromatic nitrogens is 2. The molecule has 40 heavy (non-hydrogen) atoms. The van der Waals surface area contributed by atoms with Gasteiger partial charge in [0.25, 0.3) is 5.56 Å². The first-order valence-electron chi connectivity index (χ1n) is 12.8. The first-order valence-corrected chi connectivity index (χ1v) is 13.8. The van der Waals surface area contributed by atoms with E-state index in [2.05, 4.69) is 10.3 Å². The van der Waals surface area contributed by atoms with Crippen LogP contribution in [0.25, 0.3) is 5.70 Å². The monoisotopic (exact) mass is 555 g/mol. The number of fused-ring (bicyclic) bond motifs is 1. The van der Waals surface area contributed by atoms with E-state index < -0.39 is 11.9 Å². The molecule has 9 heteroatoms. The van der Waals surface area contributed by atoms with Gasteiger partial charge < -0.3 is 24.5 Å². The number of thioether (sulfide) groups is 1. The van der Waals surface area contributed by atoms with Crippen LogP contribution in [0.5, 0.6) is 11.5 Å². The molecule has 3 aromatic carbocycles. The number of methoxy groups -OCH3 is 2. The lowest BCUT2D eigenvalue weighted by atomic mass is 9.81. The number of H-pyrrole nitrogens is 1. The first kappa shape index (κ1) is 27.1. The van der Waals surface area contributed by atoms with Gasteiger partial charge in [0.2, 0.25) is 0 Å². The number of carbonyl (C=O) groups is 1. The fourth-order valence-corrected chi connectivity index (χ4v) is 5.54. The number of ether oxygens (including phenoxy) is 3. The minimum Gasteiger partial charge on any atom is -0.493 e. The molecule has 0 aliphatic carbocycles. The van der Waals surface area contributed by atoms with E-state index in [1.165, 1.54) is 11.8 Å². The van der Waals surface area contributed by atoms with Crippen LogP contribution in [0.15, 0.2) is 94.4 Å². The van der Waals surface area contributed by atoms with Crippen molar-refractivity contribution < 1.29 is 19.0 Å². The van der Waals surface area contributed by atoms with Gasteiger partial charge in [-0.1, -0.05) is 78.5 Å². The van der Waals surface area contributed by atoms with Gasteiger partial charge in [0.1, 0.15) is 5.82 Å². The third-order valence-corrected chi connectivity index (χ3v) is 7.49. The molecule has 0 saturated heterocycles. The van der Waals surface area contributed by atoms with Crippen molar-refractivity contribution in [2.75, 3.05) is 26.1 Å². The summed E-state index contributed by atoms with van der Waals surface area (Å²) in [5.41, 5.74) is 3.35. The van der Waals surface area contributed by atoms with Crippen LogP contribution >= 0.6 is 11.8 Å². The lowest BCUT2D eigenvalue weighted by Crippen LogP contribution is -2.31. The largest absolute Gasteiger partial charge is 0.493 e. The quantitative estimate of drug-likeness (QED) is 0.156. The minimum atomic E-state index is -0.783. The Hall–Kier alpha value is -4.50. The lowest BCUT2D eigenvalue weighted by Gasteiger charge is -2.30. The molecular formula is C31H29N3O5S. The SMILES string of the molecule is CCOC(=O)C1=C(c2ccccc2)Nc2nc(SCc3ccccc3)[nH]c(=O)c2C1c1ccc(OC)c(OC)c1. The third-order valence-electron chi connectivity index (χ3n) is 6.54. The highest BCUT2D eigenvalue weighted by molar-refractivity contribution is 7.98. The molecule has 2 N–H and O–H groups in total. The molecule has 1 unspecified atom stereocenters. The molecule has 204 valence electrons. The average molecular weight is 556 g/mol. The molecule has 0 bridgehead atoms. The molecule has 1 aliphatic rings. The van der Waals surface area contributed by atoms with Gasteiger partial charge in [0.15, 0.2) is 16.7 Å².